The summed E-state index contributed by atoms with van der Waals surface area (Å²) in [5.41, 5.74) is -0.301. The van der Waals surface area contributed by atoms with Crippen molar-refractivity contribution in [2.45, 2.75) is 30.7 Å². The van der Waals surface area contributed by atoms with Crippen LogP contribution in [0.25, 0.3) is 0 Å². The molecule has 0 saturated carbocycles. The van der Waals surface area contributed by atoms with E-state index in [0.29, 0.717) is 17.7 Å². The van der Waals surface area contributed by atoms with Gasteiger partial charge in [0, 0.05) is 5.56 Å². The van der Waals surface area contributed by atoms with Crippen LogP contribution in [0.2, 0.25) is 0 Å². The van der Waals surface area contributed by atoms with E-state index < -0.39 is 44.7 Å². The van der Waals surface area contributed by atoms with Crippen LogP contribution in [-0.4, -0.2) is 25.5 Å². The van der Waals surface area contributed by atoms with E-state index in [0.717, 1.165) is 6.07 Å². The van der Waals surface area contributed by atoms with Crippen LogP contribution in [-0.2, 0) is 14.8 Å². The van der Waals surface area contributed by atoms with E-state index in [9.17, 15) is 26.4 Å². The average Bonchev–Trinajstić information content (AvgIpc) is 2.36. The molecule has 122 valence electrons. The van der Waals surface area contributed by atoms with E-state index in [1.54, 1.807) is 4.72 Å². The molecule has 0 fully saturated rings. The van der Waals surface area contributed by atoms with Gasteiger partial charge >= 0.3 is 5.97 Å². The van der Waals surface area contributed by atoms with E-state index >= 15 is 0 Å². The van der Waals surface area contributed by atoms with Crippen LogP contribution >= 0.6 is 0 Å². The third-order valence-corrected chi connectivity index (χ3v) is 4.13. The minimum atomic E-state index is -4.62. The maximum Gasteiger partial charge on any atom is 0.322 e. The van der Waals surface area contributed by atoms with Gasteiger partial charge in [-0.05, 0) is 25.5 Å². The number of carboxylic acids is 1. The highest BCUT2D eigenvalue weighted by atomic mass is 32.2. The fourth-order valence-corrected chi connectivity index (χ4v) is 2.94. The molecule has 1 rings (SSSR count). The summed E-state index contributed by atoms with van der Waals surface area (Å²) in [6.07, 6.45) is -3.20. The minimum Gasteiger partial charge on any atom is -0.480 e. The molecular weight excluding hydrogens is 323 g/mol. The van der Waals surface area contributed by atoms with Crippen LogP contribution in [0.4, 0.5) is 13.2 Å². The fourth-order valence-electron chi connectivity index (χ4n) is 1.64. The van der Waals surface area contributed by atoms with Crippen molar-refractivity contribution >= 4 is 16.0 Å². The quantitative estimate of drug-likeness (QED) is 0.749. The average molecular weight is 337 g/mol. The van der Waals surface area contributed by atoms with Crippen LogP contribution in [0.1, 0.15) is 25.3 Å². The largest absolute Gasteiger partial charge is 0.480 e. The second-order valence-electron chi connectivity index (χ2n) is 4.66. The lowest BCUT2D eigenvalue weighted by Crippen LogP contribution is -2.41. The smallest absolute Gasteiger partial charge is 0.322 e. The van der Waals surface area contributed by atoms with Gasteiger partial charge in [-0.3, -0.25) is 4.79 Å². The number of alkyl halides is 2. The number of benzene rings is 1. The molecule has 22 heavy (non-hydrogen) atoms. The van der Waals surface area contributed by atoms with Crippen molar-refractivity contribution in [1.82, 2.24) is 4.72 Å². The maximum absolute atomic E-state index is 13.6. The monoisotopic (exact) mass is 337 g/mol. The number of hydrogen-bond donors (Lipinski definition) is 2. The molecule has 0 aliphatic heterocycles. The molecule has 0 radical (unpaired) electrons. The molecule has 0 saturated heterocycles. The SMILES string of the molecule is C=C(C)CC(NS(=O)(=O)c1cc(C(F)F)ccc1F)C(=O)O. The van der Waals surface area contributed by atoms with Gasteiger partial charge in [0.15, 0.2) is 0 Å². The second kappa shape index (κ2) is 6.93. The van der Waals surface area contributed by atoms with Gasteiger partial charge in [0.1, 0.15) is 16.8 Å². The molecule has 2 N–H and O–H groups in total. The Morgan fingerprint density at radius 1 is 1.41 bits per heavy atom. The number of halogens is 3. The first kappa shape index (κ1) is 18.2. The zero-order valence-electron chi connectivity index (χ0n) is 11.5. The summed E-state index contributed by atoms with van der Waals surface area (Å²) in [7, 11) is -4.62. The van der Waals surface area contributed by atoms with Gasteiger partial charge in [-0.1, -0.05) is 11.6 Å². The number of hydrogen-bond acceptors (Lipinski definition) is 3. The van der Waals surface area contributed by atoms with Crippen molar-refractivity contribution in [3.05, 3.63) is 41.7 Å². The highest BCUT2D eigenvalue weighted by molar-refractivity contribution is 7.89. The van der Waals surface area contributed by atoms with Gasteiger partial charge in [0.2, 0.25) is 10.0 Å². The molecule has 0 aliphatic rings. The van der Waals surface area contributed by atoms with E-state index in [-0.39, 0.29) is 6.42 Å². The lowest BCUT2D eigenvalue weighted by molar-refractivity contribution is -0.138. The van der Waals surface area contributed by atoms with Crippen LogP contribution in [0, 0.1) is 5.82 Å². The third kappa shape index (κ3) is 4.57. The van der Waals surface area contributed by atoms with Gasteiger partial charge in [0.25, 0.3) is 6.43 Å². The lowest BCUT2D eigenvalue weighted by atomic mass is 10.1. The van der Waals surface area contributed by atoms with Crippen LogP contribution < -0.4 is 4.72 Å². The summed E-state index contributed by atoms with van der Waals surface area (Å²) >= 11 is 0. The molecule has 0 heterocycles. The molecule has 1 unspecified atom stereocenters. The maximum atomic E-state index is 13.6. The summed E-state index contributed by atoms with van der Waals surface area (Å²) < 4.78 is 64.6. The van der Waals surface area contributed by atoms with E-state index in [2.05, 4.69) is 6.58 Å². The molecule has 0 aromatic heterocycles. The normalized spacial score (nSPS) is 13.1. The first-order valence-electron chi connectivity index (χ1n) is 6.01. The molecule has 1 aromatic carbocycles. The summed E-state index contributed by atoms with van der Waals surface area (Å²) in [5, 5.41) is 8.96. The Morgan fingerprint density at radius 2 is 2.00 bits per heavy atom. The van der Waals surface area contributed by atoms with E-state index in [1.807, 2.05) is 0 Å². The molecule has 0 aliphatic carbocycles. The van der Waals surface area contributed by atoms with Crippen LogP contribution in [0.3, 0.4) is 0 Å². The highest BCUT2D eigenvalue weighted by Gasteiger charge is 2.28. The van der Waals surface area contributed by atoms with Crippen molar-refractivity contribution in [3.63, 3.8) is 0 Å². The Morgan fingerprint density at radius 3 is 2.45 bits per heavy atom. The molecule has 9 heteroatoms. The summed E-state index contributed by atoms with van der Waals surface area (Å²) in [6, 6.07) is 0.242. The summed E-state index contributed by atoms with van der Waals surface area (Å²) in [6.45, 7) is 4.95. The number of nitrogens with one attached hydrogen (secondary N) is 1. The minimum absolute atomic E-state index is 0.218. The zero-order chi connectivity index (χ0) is 17.1. The Bertz CT molecular complexity index is 689. The first-order chi connectivity index (χ1) is 10.0. The van der Waals surface area contributed by atoms with Crippen molar-refractivity contribution < 1.29 is 31.5 Å². The number of carbonyl (C=O) groups is 1. The molecule has 0 bridgehead atoms. The highest BCUT2D eigenvalue weighted by Crippen LogP contribution is 2.24. The number of rotatable bonds is 7. The molecule has 1 atom stereocenters. The number of carboxylic acid groups (broad SMARTS) is 1. The zero-order valence-corrected chi connectivity index (χ0v) is 12.3. The Balaban J connectivity index is 3.20. The summed E-state index contributed by atoms with van der Waals surface area (Å²) in [4.78, 5) is 9.99. The molecule has 5 nitrogen and oxygen atoms in total. The van der Waals surface area contributed by atoms with Gasteiger partial charge in [-0.2, -0.15) is 4.72 Å². The van der Waals surface area contributed by atoms with Crippen LogP contribution in [0.5, 0.6) is 0 Å². The molecule has 0 amide bonds. The Kier molecular flexibility index (Phi) is 5.72. The Hall–Kier alpha value is -1.87. The standard InChI is InChI=1S/C13H14F3NO4S/c1-7(2)5-10(13(18)19)17-22(20,21)11-6-8(12(15)16)3-4-9(11)14/h3-4,6,10,12,17H,1,5H2,2H3,(H,18,19). The van der Waals surface area contributed by atoms with Crippen molar-refractivity contribution in [2.75, 3.05) is 0 Å². The van der Waals surface area contributed by atoms with Gasteiger partial charge in [-0.25, -0.2) is 21.6 Å². The van der Waals surface area contributed by atoms with Crippen molar-refractivity contribution in [3.8, 4) is 0 Å². The predicted molar refractivity (Wildman–Crippen MR) is 72.5 cm³/mol. The molecule has 0 spiro atoms. The first-order valence-corrected chi connectivity index (χ1v) is 7.50. The second-order valence-corrected chi connectivity index (χ2v) is 6.35. The van der Waals surface area contributed by atoms with Crippen molar-refractivity contribution in [2.24, 2.45) is 0 Å². The Labute approximate surface area is 125 Å². The van der Waals surface area contributed by atoms with E-state index in [1.165, 1.54) is 6.92 Å². The van der Waals surface area contributed by atoms with E-state index in [4.69, 9.17) is 5.11 Å². The van der Waals surface area contributed by atoms with Gasteiger partial charge in [0.05, 0.1) is 0 Å². The van der Waals surface area contributed by atoms with Crippen molar-refractivity contribution in [1.29, 1.82) is 0 Å². The summed E-state index contributed by atoms with van der Waals surface area (Å²) in [5.74, 6) is -2.74. The third-order valence-electron chi connectivity index (χ3n) is 2.64. The fraction of sp³-hybridized carbons (Fsp3) is 0.308. The number of sulfonamides is 1. The van der Waals surface area contributed by atoms with Gasteiger partial charge in [-0.15, -0.1) is 6.58 Å². The molecular formula is C13H14F3NO4S. The lowest BCUT2D eigenvalue weighted by Gasteiger charge is -2.15. The number of aliphatic carboxylic acids is 1. The topological polar surface area (TPSA) is 83.5 Å². The molecule has 1 aromatic rings. The van der Waals surface area contributed by atoms with Gasteiger partial charge < -0.3 is 5.11 Å². The predicted octanol–water partition coefficient (Wildman–Crippen LogP) is 2.46. The van der Waals surface area contributed by atoms with Crippen LogP contribution in [0.15, 0.2) is 35.2 Å².